The maximum atomic E-state index is 12.2. The number of sulfone groups is 1. The highest BCUT2D eigenvalue weighted by atomic mass is 32.2. The van der Waals surface area contributed by atoms with Gasteiger partial charge in [-0.3, -0.25) is 4.57 Å². The normalized spacial score (nSPS) is 12.3. The van der Waals surface area contributed by atoms with Crippen molar-refractivity contribution in [3.05, 3.63) is 5.69 Å². The average Bonchev–Trinajstić information content (AvgIpc) is 2.74. The molecule has 0 unspecified atom stereocenters. The van der Waals surface area contributed by atoms with Gasteiger partial charge in [-0.05, 0) is 6.92 Å². The molecule has 0 atom stereocenters. The van der Waals surface area contributed by atoms with Crippen LogP contribution >= 0.6 is 0 Å². The second kappa shape index (κ2) is 6.55. The van der Waals surface area contributed by atoms with Crippen LogP contribution in [0, 0.1) is 0 Å². The van der Waals surface area contributed by atoms with Gasteiger partial charge in [0.05, 0.1) is 12.4 Å². The first-order valence-corrected chi connectivity index (χ1v) is 7.84. The minimum absolute atomic E-state index is 0.0419. The molecular weight excluding hydrogens is 329 g/mol. The van der Waals surface area contributed by atoms with Crippen LogP contribution < -0.4 is 4.74 Å². The number of carbonyl (C=O) groups is 1. The van der Waals surface area contributed by atoms with Gasteiger partial charge in [0, 0.05) is 7.05 Å². The van der Waals surface area contributed by atoms with E-state index in [1.807, 2.05) is 0 Å². The smallest absolute Gasteiger partial charge is 0.422 e. The number of aromatic nitrogens is 2. The molecule has 0 aromatic carbocycles. The van der Waals surface area contributed by atoms with E-state index in [0.29, 0.717) is 0 Å². The van der Waals surface area contributed by atoms with E-state index >= 15 is 0 Å². The van der Waals surface area contributed by atoms with Gasteiger partial charge in [0.15, 0.2) is 27.2 Å². The number of esters is 1. The molecule has 1 aromatic rings. The summed E-state index contributed by atoms with van der Waals surface area (Å²) < 4.78 is 70.5. The Balaban J connectivity index is 3.34. The molecule has 126 valence electrons. The molecule has 0 amide bonds. The topological polar surface area (TPSA) is 87.5 Å². The molecule has 1 rings (SSSR count). The molecule has 7 nitrogen and oxygen atoms in total. The molecule has 0 fully saturated rings. The Morgan fingerprint density at radius 3 is 2.36 bits per heavy atom. The number of rotatable bonds is 6. The van der Waals surface area contributed by atoms with Gasteiger partial charge in [-0.2, -0.15) is 18.2 Å². The van der Waals surface area contributed by atoms with Crippen LogP contribution in [0.4, 0.5) is 13.2 Å². The van der Waals surface area contributed by atoms with Crippen molar-refractivity contribution in [1.29, 1.82) is 0 Å². The second-order valence-electron chi connectivity index (χ2n) is 4.13. The van der Waals surface area contributed by atoms with Crippen molar-refractivity contribution < 1.29 is 35.9 Å². The van der Waals surface area contributed by atoms with Crippen molar-refractivity contribution in [2.75, 3.05) is 19.0 Å². The third-order valence-electron chi connectivity index (χ3n) is 2.51. The van der Waals surface area contributed by atoms with Crippen LogP contribution in [0.25, 0.3) is 0 Å². The van der Waals surface area contributed by atoms with Crippen LogP contribution in [0.3, 0.4) is 0 Å². The van der Waals surface area contributed by atoms with Gasteiger partial charge in [-0.1, -0.05) is 6.92 Å². The van der Waals surface area contributed by atoms with Crippen molar-refractivity contribution in [3.8, 4) is 6.01 Å². The summed E-state index contributed by atoms with van der Waals surface area (Å²) in [7, 11) is -2.77. The molecule has 0 N–H and O–H groups in total. The maximum Gasteiger partial charge on any atom is 0.422 e. The second-order valence-corrected chi connectivity index (χ2v) is 6.33. The van der Waals surface area contributed by atoms with E-state index in [-0.39, 0.29) is 12.4 Å². The summed E-state index contributed by atoms with van der Waals surface area (Å²) in [6, 6.07) is -0.632. The zero-order valence-electron chi connectivity index (χ0n) is 12.1. The molecule has 1 aromatic heterocycles. The highest BCUT2D eigenvalue weighted by molar-refractivity contribution is 7.91. The summed E-state index contributed by atoms with van der Waals surface area (Å²) >= 11 is 0. The average molecular weight is 344 g/mol. The third-order valence-corrected chi connectivity index (χ3v) is 4.33. The van der Waals surface area contributed by atoms with Gasteiger partial charge in [-0.25, -0.2) is 13.2 Å². The van der Waals surface area contributed by atoms with Crippen LogP contribution in [0.1, 0.15) is 24.3 Å². The minimum atomic E-state index is -4.63. The van der Waals surface area contributed by atoms with Crippen molar-refractivity contribution in [2.24, 2.45) is 7.05 Å². The Morgan fingerprint density at radius 1 is 1.32 bits per heavy atom. The number of halogens is 3. The lowest BCUT2D eigenvalue weighted by Gasteiger charge is -2.09. The van der Waals surface area contributed by atoms with Gasteiger partial charge >= 0.3 is 12.1 Å². The molecule has 0 aliphatic rings. The predicted octanol–water partition coefficient (Wildman–Crippen LogP) is 1.33. The Hall–Kier alpha value is -1.78. The zero-order chi connectivity index (χ0) is 17.1. The first kappa shape index (κ1) is 18.3. The summed E-state index contributed by atoms with van der Waals surface area (Å²) in [5.74, 6) is -1.41. The lowest BCUT2D eigenvalue weighted by atomic mass is 10.5. The fraction of sp³-hybridized carbons (Fsp3) is 0.636. The molecule has 0 aliphatic heterocycles. The summed E-state index contributed by atoms with van der Waals surface area (Å²) in [6.45, 7) is 1.12. The standard InChI is InChI=1S/C11H15F3N2O5S/c1-4-20-9(17)7-8(22(18,19)5-2)16(3)10(15-7)21-6-11(12,13)14/h4-6H2,1-3H3. The van der Waals surface area contributed by atoms with Crippen LogP contribution in [0.2, 0.25) is 0 Å². The van der Waals surface area contributed by atoms with E-state index in [4.69, 9.17) is 0 Å². The van der Waals surface area contributed by atoms with E-state index in [1.54, 1.807) is 0 Å². The van der Waals surface area contributed by atoms with E-state index in [9.17, 15) is 26.4 Å². The first-order valence-electron chi connectivity index (χ1n) is 6.19. The largest absolute Gasteiger partial charge is 0.461 e. The number of hydrogen-bond acceptors (Lipinski definition) is 6. The predicted molar refractivity (Wildman–Crippen MR) is 68.4 cm³/mol. The highest BCUT2D eigenvalue weighted by Gasteiger charge is 2.33. The van der Waals surface area contributed by atoms with Crippen LogP contribution in [0.5, 0.6) is 6.01 Å². The van der Waals surface area contributed by atoms with Crippen molar-refractivity contribution in [3.63, 3.8) is 0 Å². The van der Waals surface area contributed by atoms with Crippen molar-refractivity contribution in [1.82, 2.24) is 9.55 Å². The van der Waals surface area contributed by atoms with Gasteiger partial charge in [0.2, 0.25) is 0 Å². The zero-order valence-corrected chi connectivity index (χ0v) is 12.9. The highest BCUT2D eigenvalue weighted by Crippen LogP contribution is 2.25. The van der Waals surface area contributed by atoms with Gasteiger partial charge in [-0.15, -0.1) is 0 Å². The molecule has 0 saturated carbocycles. The summed E-state index contributed by atoms with van der Waals surface area (Å²) in [5, 5.41) is -0.536. The molecule has 22 heavy (non-hydrogen) atoms. The van der Waals surface area contributed by atoms with E-state index in [2.05, 4.69) is 14.5 Å². The molecule has 0 radical (unpaired) electrons. The SMILES string of the molecule is CCOC(=O)c1nc(OCC(F)(F)F)n(C)c1S(=O)(=O)CC. The third kappa shape index (κ3) is 4.12. The number of nitrogens with zero attached hydrogens (tertiary/aromatic N) is 2. The van der Waals surface area contributed by atoms with E-state index < -0.39 is 45.3 Å². The minimum Gasteiger partial charge on any atom is -0.461 e. The van der Waals surface area contributed by atoms with Crippen LogP contribution in [-0.4, -0.2) is 49.1 Å². The Morgan fingerprint density at radius 2 is 1.91 bits per heavy atom. The van der Waals surface area contributed by atoms with Crippen LogP contribution in [-0.2, 0) is 21.6 Å². The van der Waals surface area contributed by atoms with E-state index in [0.717, 1.165) is 11.6 Å². The van der Waals surface area contributed by atoms with Crippen molar-refractivity contribution >= 4 is 15.8 Å². The number of carbonyl (C=O) groups excluding carboxylic acids is 1. The monoisotopic (exact) mass is 344 g/mol. The van der Waals surface area contributed by atoms with E-state index in [1.165, 1.54) is 13.8 Å². The number of ether oxygens (including phenoxy) is 2. The quantitative estimate of drug-likeness (QED) is 0.724. The number of alkyl halides is 3. The fourth-order valence-corrected chi connectivity index (χ4v) is 2.76. The molecular formula is C11H15F3N2O5S. The number of imidazole rings is 1. The lowest BCUT2D eigenvalue weighted by molar-refractivity contribution is -0.155. The summed E-state index contributed by atoms with van der Waals surface area (Å²) in [4.78, 5) is 15.3. The molecule has 0 aliphatic carbocycles. The molecule has 1 heterocycles. The van der Waals surface area contributed by atoms with Crippen LogP contribution in [0.15, 0.2) is 5.03 Å². The molecule has 0 saturated heterocycles. The van der Waals surface area contributed by atoms with Crippen molar-refractivity contribution in [2.45, 2.75) is 25.0 Å². The molecule has 0 spiro atoms. The lowest BCUT2D eigenvalue weighted by Crippen LogP contribution is -2.21. The maximum absolute atomic E-state index is 12.2. The first-order chi connectivity index (χ1) is 10.0. The summed E-state index contributed by atoms with van der Waals surface area (Å²) in [6.07, 6.45) is -4.63. The molecule has 11 heteroatoms. The van der Waals surface area contributed by atoms with Gasteiger partial charge in [0.1, 0.15) is 0 Å². The Labute approximate surface area is 125 Å². The fourth-order valence-electron chi connectivity index (χ4n) is 1.56. The Kier molecular flexibility index (Phi) is 5.44. The summed E-state index contributed by atoms with van der Waals surface area (Å²) in [5.41, 5.74) is -0.594. The van der Waals surface area contributed by atoms with Gasteiger partial charge in [0.25, 0.3) is 6.01 Å². The number of hydrogen-bond donors (Lipinski definition) is 0. The Bertz CT molecular complexity index is 651. The van der Waals surface area contributed by atoms with Gasteiger partial charge < -0.3 is 9.47 Å². The molecule has 0 bridgehead atoms.